The number of benzene rings is 7. The highest BCUT2D eigenvalue weighted by atomic mass is 16.5. The molecule has 65 heavy (non-hydrogen) atoms. The van der Waals surface area contributed by atoms with Crippen molar-refractivity contribution in [2.45, 2.75) is 38.5 Å². The predicted molar refractivity (Wildman–Crippen MR) is 260 cm³/mol. The van der Waals surface area contributed by atoms with Gasteiger partial charge in [-0.1, -0.05) is 179 Å². The Hall–Kier alpha value is -8.30. The maximum atomic E-state index is 7.35. The molecule has 12 rings (SSSR count). The lowest BCUT2D eigenvalue weighted by molar-refractivity contribution is 0.460. The summed E-state index contributed by atoms with van der Waals surface area (Å²) in [6.45, 7) is 9.18. The summed E-state index contributed by atoms with van der Waals surface area (Å²) in [4.78, 5) is 36.2. The fourth-order valence-corrected chi connectivity index (χ4v) is 9.73. The Kier molecular flexibility index (Phi) is 8.64. The fourth-order valence-electron chi connectivity index (χ4n) is 9.73. The molecule has 0 aliphatic carbocycles. The zero-order valence-corrected chi connectivity index (χ0v) is 36.4. The van der Waals surface area contributed by atoms with E-state index in [9.17, 15) is 0 Å². The second kappa shape index (κ2) is 14.6. The molecule has 9 nitrogen and oxygen atoms in total. The van der Waals surface area contributed by atoms with E-state index in [1.54, 1.807) is 0 Å². The van der Waals surface area contributed by atoms with Crippen molar-refractivity contribution in [3.8, 4) is 11.5 Å². The van der Waals surface area contributed by atoms with Crippen molar-refractivity contribution in [3.05, 3.63) is 214 Å². The van der Waals surface area contributed by atoms with Crippen molar-refractivity contribution in [1.29, 1.82) is 0 Å². The molecule has 0 saturated carbocycles. The van der Waals surface area contributed by atoms with Gasteiger partial charge in [-0.2, -0.15) is 0 Å². The molecule has 4 aromatic heterocycles. The van der Waals surface area contributed by atoms with Crippen molar-refractivity contribution < 1.29 is 4.74 Å². The summed E-state index contributed by atoms with van der Waals surface area (Å²) in [6.07, 6.45) is 0. The van der Waals surface area contributed by atoms with Crippen LogP contribution in [0.4, 0.5) is 23.3 Å². The third-order valence-electron chi connectivity index (χ3n) is 13.2. The first-order valence-corrected chi connectivity index (χ1v) is 22.0. The van der Waals surface area contributed by atoms with Crippen LogP contribution in [0.3, 0.4) is 0 Å². The molecule has 0 saturated heterocycles. The van der Waals surface area contributed by atoms with E-state index in [4.69, 9.17) is 24.7 Å². The van der Waals surface area contributed by atoms with E-state index in [-0.39, 0.29) is 0 Å². The molecule has 9 heteroatoms. The van der Waals surface area contributed by atoms with E-state index in [0.29, 0.717) is 56.7 Å². The molecule has 0 spiro atoms. The Morgan fingerprint density at radius 3 is 1.22 bits per heavy atom. The zero-order valence-electron chi connectivity index (χ0n) is 36.4. The van der Waals surface area contributed by atoms with Crippen LogP contribution in [0.5, 0.6) is 11.5 Å². The van der Waals surface area contributed by atoms with Crippen LogP contribution in [-0.2, 0) is 10.8 Å². The van der Waals surface area contributed by atoms with Crippen molar-refractivity contribution in [2.75, 3.05) is 0 Å². The predicted octanol–water partition coefficient (Wildman–Crippen LogP) is 12.2. The Morgan fingerprint density at radius 2 is 0.738 bits per heavy atom. The molecule has 0 radical (unpaired) electrons. The summed E-state index contributed by atoms with van der Waals surface area (Å²) in [7, 11) is 0. The molecule has 0 atom stereocenters. The third kappa shape index (κ3) is 6.22. The molecule has 1 aliphatic heterocycles. The molecule has 0 fully saturated rings. The van der Waals surface area contributed by atoms with Crippen LogP contribution in [0.2, 0.25) is 0 Å². The Labute approximate surface area is 373 Å². The van der Waals surface area contributed by atoms with Gasteiger partial charge in [0.1, 0.15) is 56.7 Å². The van der Waals surface area contributed by atoms with Crippen LogP contribution >= 0.6 is 0 Å². The number of hydrogen-bond donors (Lipinski definition) is 4. The lowest BCUT2D eigenvalue weighted by atomic mass is 9.67. The molecule has 1 aliphatic rings. The number of H-pyrrole nitrogens is 4. The summed E-state index contributed by atoms with van der Waals surface area (Å²) >= 11 is 0. The first-order valence-electron chi connectivity index (χ1n) is 22.0. The number of hydrogen-bond acceptors (Lipinski definition) is 5. The lowest BCUT2D eigenvalue weighted by Gasteiger charge is -2.37. The minimum absolute atomic E-state index is 0.499. The number of aromatic amines is 4. The van der Waals surface area contributed by atoms with Gasteiger partial charge in [0.05, 0.1) is 5.39 Å². The third-order valence-corrected chi connectivity index (χ3v) is 13.2. The number of nitrogens with one attached hydrogen (secondary N) is 4. The highest BCUT2D eigenvalue weighted by Gasteiger charge is 2.39. The normalized spacial score (nSPS) is 12.8. The van der Waals surface area contributed by atoms with Gasteiger partial charge in [0.25, 0.3) is 0 Å². The molecule has 0 unspecified atom stereocenters. The van der Waals surface area contributed by atoms with E-state index in [1.165, 1.54) is 5.56 Å². The van der Waals surface area contributed by atoms with Crippen LogP contribution in [0.15, 0.2) is 190 Å². The van der Waals surface area contributed by atoms with Gasteiger partial charge >= 0.3 is 0 Å². The lowest BCUT2D eigenvalue weighted by Crippen LogP contribution is -2.29. The van der Waals surface area contributed by atoms with E-state index in [1.807, 2.05) is 66.7 Å². The number of rotatable bonds is 6. The van der Waals surface area contributed by atoms with Gasteiger partial charge in [-0.3, -0.25) is 0 Å². The highest BCUT2D eigenvalue weighted by molar-refractivity contribution is 6.06. The van der Waals surface area contributed by atoms with Crippen LogP contribution < -0.4 is 26.7 Å². The molecule has 0 amide bonds. The Balaban J connectivity index is 1.29. The van der Waals surface area contributed by atoms with Gasteiger partial charge in [-0.25, -0.2) is 20.0 Å². The summed E-state index contributed by atoms with van der Waals surface area (Å²) in [6, 6.07) is 58.4. The van der Waals surface area contributed by atoms with Gasteiger partial charge in [0.15, 0.2) is 0 Å². The maximum Gasteiger partial charge on any atom is 0.145 e. The monoisotopic (exact) mass is 844 g/mol. The molecule has 11 aromatic rings. The quantitative estimate of drug-likeness (QED) is 0.131. The number of para-hydroxylation sites is 1. The van der Waals surface area contributed by atoms with Crippen molar-refractivity contribution in [2.24, 2.45) is 20.0 Å². The number of nitrogens with zero attached hydrogens (tertiary/aromatic N) is 4. The summed E-state index contributed by atoms with van der Waals surface area (Å²) < 4.78 is 7.35. The van der Waals surface area contributed by atoms with Crippen LogP contribution in [-0.4, -0.2) is 19.9 Å². The largest absolute Gasteiger partial charge is 0.456 e. The average molecular weight is 845 g/mol. The molecule has 314 valence electrons. The molecule has 7 aromatic carbocycles. The summed E-state index contributed by atoms with van der Waals surface area (Å²) in [5.41, 5.74) is 6.11. The van der Waals surface area contributed by atoms with E-state index < -0.39 is 10.8 Å². The zero-order chi connectivity index (χ0) is 43.9. The van der Waals surface area contributed by atoms with E-state index in [2.05, 4.69) is 151 Å². The van der Waals surface area contributed by atoms with E-state index in [0.717, 1.165) is 59.8 Å². The second-order valence-electron chi connectivity index (χ2n) is 17.8. The number of ether oxygens (including phenoxy) is 1. The maximum absolute atomic E-state index is 7.35. The summed E-state index contributed by atoms with van der Waals surface area (Å²) in [5.74, 6) is 4.03. The van der Waals surface area contributed by atoms with Gasteiger partial charge in [0, 0.05) is 54.1 Å². The highest BCUT2D eigenvalue weighted by Crippen LogP contribution is 2.53. The molecule has 4 N–H and O–H groups in total. The van der Waals surface area contributed by atoms with Crippen LogP contribution in [0, 0.1) is 0 Å². The van der Waals surface area contributed by atoms with Gasteiger partial charge in [0.2, 0.25) is 0 Å². The minimum Gasteiger partial charge on any atom is -0.456 e. The van der Waals surface area contributed by atoms with Crippen molar-refractivity contribution in [1.82, 2.24) is 19.9 Å². The van der Waals surface area contributed by atoms with Crippen molar-refractivity contribution in [3.63, 3.8) is 0 Å². The fraction of sp³-hybridized carbons (Fsp3) is 0.107. The summed E-state index contributed by atoms with van der Waals surface area (Å²) in [5, 5.41) is 7.33. The number of aromatic nitrogens is 4. The topological polar surface area (TPSA) is 122 Å². The smallest absolute Gasteiger partial charge is 0.145 e. The molecular formula is C56H44N8O. The van der Waals surface area contributed by atoms with Crippen LogP contribution in [0.25, 0.3) is 43.1 Å². The standard InChI is InChI=1S/C56H44N8O/c1-55(2,33-20-8-5-9-21-33)43-32-42-44(46(65-35-24-12-7-13-25-35)45(43)56(3,4)34-22-10-6-11-23-34)54-63-52-41-31-19-18-30-40(41)50(61-52)59-48-37-27-15-14-26-36(37)47(57-48)58-49-38-28-16-17-29-39(38)51(60-49)62-53(42)64-54/h5-32H,1-4H3,(H4,57,58,59,60,61,62,63,64). The molecular weight excluding hydrogens is 801 g/mol. The van der Waals surface area contributed by atoms with Crippen molar-refractivity contribution >= 4 is 66.4 Å². The molecule has 8 bridgehead atoms. The van der Waals surface area contributed by atoms with Gasteiger partial charge in [-0.05, 0) is 34.9 Å². The van der Waals surface area contributed by atoms with Gasteiger partial charge < -0.3 is 24.7 Å². The minimum atomic E-state index is -0.559. The SMILES string of the molecule is CC(C)(c1ccccc1)c1cc2c3[nH]c(c2c(Oc2ccccc2)c1C(C)(C)c1ccccc1)N=c1[nH]c(c2ccccc12)=Nc1[nH]c(c2ccccc12)N=c1[nH]c(c2ccccc12)=N3. The Bertz CT molecular complexity index is 3910. The van der Waals surface area contributed by atoms with Crippen LogP contribution in [0.1, 0.15) is 49.9 Å². The average Bonchev–Trinajstić information content (AvgIpc) is 4.08. The first kappa shape index (κ1) is 38.4. The number of fused-ring (bicyclic) bond motifs is 20. The van der Waals surface area contributed by atoms with E-state index >= 15 is 0 Å². The Morgan fingerprint density at radius 1 is 0.369 bits per heavy atom. The first-order chi connectivity index (χ1) is 31.7. The molecule has 5 heterocycles. The second-order valence-corrected chi connectivity index (χ2v) is 17.8. The van der Waals surface area contributed by atoms with Gasteiger partial charge in [-0.15, -0.1) is 0 Å².